The van der Waals surface area contributed by atoms with E-state index in [0.717, 1.165) is 22.5 Å². The van der Waals surface area contributed by atoms with E-state index in [4.69, 9.17) is 27.9 Å². The Balaban J connectivity index is 2.57. The highest BCUT2D eigenvalue weighted by atomic mass is 35.5. The second kappa shape index (κ2) is 7.81. The Hall–Kier alpha value is -1.56. The van der Waals surface area contributed by atoms with Crippen molar-refractivity contribution in [2.75, 3.05) is 17.8 Å². The molecule has 0 radical (unpaired) electrons. The SMILES string of the molecule is CCOC(=O)c1c(NC(=O)CCl)sc(Cl)c1-c1ccc(C)cc1. The van der Waals surface area contributed by atoms with Gasteiger partial charge in [0.25, 0.3) is 0 Å². The predicted octanol–water partition coefficient (Wildman–Crippen LogP) is 4.73. The number of hydrogen-bond acceptors (Lipinski definition) is 4. The number of alkyl halides is 1. The van der Waals surface area contributed by atoms with Crippen molar-refractivity contribution < 1.29 is 14.3 Å². The number of carbonyl (C=O) groups is 2. The summed E-state index contributed by atoms with van der Waals surface area (Å²) >= 11 is 13.0. The molecule has 1 amide bonds. The zero-order valence-corrected chi connectivity index (χ0v) is 14.9. The first-order chi connectivity index (χ1) is 11.0. The van der Waals surface area contributed by atoms with Gasteiger partial charge in [0.05, 0.1) is 6.61 Å². The third kappa shape index (κ3) is 4.05. The number of thiophene rings is 1. The average molecular weight is 372 g/mol. The van der Waals surface area contributed by atoms with Crippen LogP contribution in [0.25, 0.3) is 11.1 Å². The largest absolute Gasteiger partial charge is 0.462 e. The molecule has 7 heteroatoms. The second-order valence-corrected chi connectivity index (χ2v) is 6.61. The molecule has 0 aliphatic heterocycles. The zero-order chi connectivity index (χ0) is 17.0. The van der Waals surface area contributed by atoms with Gasteiger partial charge >= 0.3 is 5.97 Å². The third-order valence-electron chi connectivity index (χ3n) is 3.06. The van der Waals surface area contributed by atoms with Crippen LogP contribution >= 0.6 is 34.5 Å². The second-order valence-electron chi connectivity index (χ2n) is 4.72. The Morgan fingerprint density at radius 2 is 1.91 bits per heavy atom. The molecule has 0 unspecified atom stereocenters. The van der Waals surface area contributed by atoms with Crippen molar-refractivity contribution in [1.29, 1.82) is 0 Å². The molecule has 1 N–H and O–H groups in total. The van der Waals surface area contributed by atoms with Crippen molar-refractivity contribution in [3.8, 4) is 11.1 Å². The van der Waals surface area contributed by atoms with E-state index >= 15 is 0 Å². The van der Waals surface area contributed by atoms with Crippen LogP contribution in [0.15, 0.2) is 24.3 Å². The molecule has 1 aromatic heterocycles. The van der Waals surface area contributed by atoms with Gasteiger partial charge in [0.1, 0.15) is 20.8 Å². The number of rotatable bonds is 5. The van der Waals surface area contributed by atoms with Crippen LogP contribution in [0.3, 0.4) is 0 Å². The van der Waals surface area contributed by atoms with E-state index in [1.807, 2.05) is 31.2 Å². The standard InChI is InChI=1S/C16H15Cl2NO3S/c1-3-22-16(21)13-12(10-6-4-9(2)5-7-10)14(18)23-15(13)19-11(20)8-17/h4-7H,3,8H2,1-2H3,(H,19,20). The molecule has 0 spiro atoms. The highest BCUT2D eigenvalue weighted by Crippen LogP contribution is 2.44. The van der Waals surface area contributed by atoms with Crippen LogP contribution in [0, 0.1) is 6.92 Å². The van der Waals surface area contributed by atoms with Crippen LogP contribution in [0.4, 0.5) is 5.00 Å². The maximum absolute atomic E-state index is 12.4. The lowest BCUT2D eigenvalue weighted by Crippen LogP contribution is -2.15. The number of ether oxygens (including phenoxy) is 1. The van der Waals surface area contributed by atoms with Crippen molar-refractivity contribution in [3.05, 3.63) is 39.7 Å². The number of benzene rings is 1. The molecule has 1 heterocycles. The molecule has 0 aliphatic rings. The highest BCUT2D eigenvalue weighted by Gasteiger charge is 2.26. The molecule has 0 fully saturated rings. The van der Waals surface area contributed by atoms with Crippen molar-refractivity contribution in [1.82, 2.24) is 0 Å². The Morgan fingerprint density at radius 3 is 2.48 bits per heavy atom. The lowest BCUT2D eigenvalue weighted by atomic mass is 10.0. The van der Waals surface area contributed by atoms with Gasteiger partial charge in [-0.25, -0.2) is 4.79 Å². The number of anilines is 1. The quantitative estimate of drug-likeness (QED) is 0.610. The van der Waals surface area contributed by atoms with E-state index in [9.17, 15) is 9.59 Å². The fourth-order valence-corrected chi connectivity index (χ4v) is 3.48. The van der Waals surface area contributed by atoms with Gasteiger partial charge < -0.3 is 10.1 Å². The minimum absolute atomic E-state index is 0.211. The van der Waals surface area contributed by atoms with Crippen molar-refractivity contribution in [2.45, 2.75) is 13.8 Å². The van der Waals surface area contributed by atoms with Gasteiger partial charge in [0, 0.05) is 5.56 Å². The van der Waals surface area contributed by atoms with Crippen LogP contribution in [0.1, 0.15) is 22.8 Å². The van der Waals surface area contributed by atoms with Gasteiger partial charge in [-0.1, -0.05) is 41.4 Å². The first-order valence-corrected chi connectivity index (χ1v) is 8.63. The summed E-state index contributed by atoms with van der Waals surface area (Å²) in [5.41, 5.74) is 2.68. The molecule has 0 aliphatic carbocycles. The molecule has 0 atom stereocenters. The molecule has 0 saturated carbocycles. The molecule has 2 rings (SSSR count). The number of hydrogen-bond donors (Lipinski definition) is 1. The molecule has 122 valence electrons. The fraction of sp³-hybridized carbons (Fsp3) is 0.250. The summed E-state index contributed by atoms with van der Waals surface area (Å²) in [6.07, 6.45) is 0. The summed E-state index contributed by atoms with van der Waals surface area (Å²) in [5.74, 6) is -1.15. The van der Waals surface area contributed by atoms with E-state index < -0.39 is 11.9 Å². The van der Waals surface area contributed by atoms with Crippen molar-refractivity contribution >= 4 is 51.4 Å². The van der Waals surface area contributed by atoms with Gasteiger partial charge in [-0.3, -0.25) is 4.79 Å². The summed E-state index contributed by atoms with van der Waals surface area (Å²) in [7, 11) is 0. The van der Waals surface area contributed by atoms with Crippen molar-refractivity contribution in [3.63, 3.8) is 0 Å². The van der Waals surface area contributed by atoms with Crippen molar-refractivity contribution in [2.24, 2.45) is 0 Å². The van der Waals surface area contributed by atoms with Crippen LogP contribution < -0.4 is 5.32 Å². The number of halogens is 2. The molecule has 0 bridgehead atoms. The predicted molar refractivity (Wildman–Crippen MR) is 94.8 cm³/mol. The third-order valence-corrected chi connectivity index (χ3v) is 4.62. The van der Waals surface area contributed by atoms with Gasteiger partial charge in [0.15, 0.2) is 0 Å². The Morgan fingerprint density at radius 1 is 1.26 bits per heavy atom. The van der Waals surface area contributed by atoms with Crippen LogP contribution in [-0.2, 0) is 9.53 Å². The van der Waals surface area contributed by atoms with E-state index in [0.29, 0.717) is 14.9 Å². The van der Waals surface area contributed by atoms with Gasteiger partial charge in [-0.05, 0) is 19.4 Å². The Labute approximate surface area is 148 Å². The summed E-state index contributed by atoms with van der Waals surface area (Å²) in [4.78, 5) is 23.9. The maximum Gasteiger partial charge on any atom is 0.341 e. The van der Waals surface area contributed by atoms with Gasteiger partial charge in [-0.15, -0.1) is 22.9 Å². The minimum Gasteiger partial charge on any atom is -0.462 e. The highest BCUT2D eigenvalue weighted by molar-refractivity contribution is 7.21. The smallest absolute Gasteiger partial charge is 0.341 e. The number of aryl methyl sites for hydroxylation is 1. The molecule has 23 heavy (non-hydrogen) atoms. The first kappa shape index (κ1) is 17.8. The normalized spacial score (nSPS) is 10.4. The fourth-order valence-electron chi connectivity index (χ4n) is 2.03. The van der Waals surface area contributed by atoms with Crippen LogP contribution in [-0.4, -0.2) is 24.4 Å². The monoisotopic (exact) mass is 371 g/mol. The lowest BCUT2D eigenvalue weighted by Gasteiger charge is -2.08. The maximum atomic E-state index is 12.4. The summed E-state index contributed by atoms with van der Waals surface area (Å²) in [6.45, 7) is 3.91. The molecule has 0 saturated heterocycles. The topological polar surface area (TPSA) is 55.4 Å². The average Bonchev–Trinajstić information content (AvgIpc) is 2.84. The summed E-state index contributed by atoms with van der Waals surface area (Å²) < 4.78 is 5.51. The molecular formula is C16H15Cl2NO3S. The Kier molecular flexibility index (Phi) is 6.04. The van der Waals surface area contributed by atoms with E-state index in [1.165, 1.54) is 0 Å². The molecular weight excluding hydrogens is 357 g/mol. The summed E-state index contributed by atoms with van der Waals surface area (Å²) in [5, 5.41) is 2.95. The number of nitrogens with one attached hydrogen (secondary N) is 1. The minimum atomic E-state index is -0.531. The van der Waals surface area contributed by atoms with E-state index in [1.54, 1.807) is 6.92 Å². The summed E-state index contributed by atoms with van der Waals surface area (Å²) in [6, 6.07) is 7.60. The number of esters is 1. The molecule has 4 nitrogen and oxygen atoms in total. The van der Waals surface area contributed by atoms with Crippen LogP contribution in [0.2, 0.25) is 4.34 Å². The Bertz CT molecular complexity index is 726. The van der Waals surface area contributed by atoms with Crippen LogP contribution in [0.5, 0.6) is 0 Å². The van der Waals surface area contributed by atoms with Gasteiger partial charge in [0.2, 0.25) is 5.91 Å². The first-order valence-electron chi connectivity index (χ1n) is 6.90. The van der Waals surface area contributed by atoms with Gasteiger partial charge in [-0.2, -0.15) is 0 Å². The number of amides is 1. The lowest BCUT2D eigenvalue weighted by molar-refractivity contribution is -0.113. The molecule has 2 aromatic rings. The van der Waals surface area contributed by atoms with E-state index in [-0.39, 0.29) is 18.1 Å². The molecule has 1 aromatic carbocycles. The number of carbonyl (C=O) groups excluding carboxylic acids is 2. The zero-order valence-electron chi connectivity index (χ0n) is 12.6. The van der Waals surface area contributed by atoms with E-state index in [2.05, 4.69) is 5.32 Å².